The van der Waals surface area contributed by atoms with Gasteiger partial charge in [0.25, 0.3) is 0 Å². The fourth-order valence-corrected chi connectivity index (χ4v) is 4.51. The summed E-state index contributed by atoms with van der Waals surface area (Å²) in [6, 6.07) is 9.42. The number of carbonyl (C=O) groups excluding carboxylic acids is 1. The van der Waals surface area contributed by atoms with Crippen LogP contribution in [0.25, 0.3) is 11.1 Å². The van der Waals surface area contributed by atoms with E-state index in [-0.39, 0.29) is 12.6 Å². The quantitative estimate of drug-likeness (QED) is 0.295. The summed E-state index contributed by atoms with van der Waals surface area (Å²) in [6.07, 6.45) is 2.77. The van der Waals surface area contributed by atoms with Gasteiger partial charge in [0, 0.05) is 13.1 Å². The van der Waals surface area contributed by atoms with Crippen molar-refractivity contribution >= 4 is 20.0 Å². The van der Waals surface area contributed by atoms with Crippen molar-refractivity contribution in [2.45, 2.75) is 31.7 Å². The minimum atomic E-state index is -4.68. The first kappa shape index (κ1) is 21.8. The molecule has 2 aliphatic rings. The van der Waals surface area contributed by atoms with Crippen molar-refractivity contribution in [3.05, 3.63) is 59.7 Å². The van der Waals surface area contributed by atoms with Gasteiger partial charge in [0.15, 0.2) is 0 Å². The third kappa shape index (κ3) is 4.71. The topological polar surface area (TPSA) is 166 Å². The van der Waals surface area contributed by atoms with E-state index in [1.165, 1.54) is 0 Å². The van der Waals surface area contributed by atoms with E-state index in [1.807, 2.05) is 36.5 Å². The van der Waals surface area contributed by atoms with E-state index >= 15 is 0 Å². The van der Waals surface area contributed by atoms with E-state index < -0.39 is 20.4 Å². The third-order valence-electron chi connectivity index (χ3n) is 5.66. The summed E-state index contributed by atoms with van der Waals surface area (Å²) < 4.78 is 9.99. The molecule has 3 aromatic rings. The normalized spacial score (nSPS) is 20.0. The molecule has 0 bridgehead atoms. The molecule has 1 amide bonds. The summed E-state index contributed by atoms with van der Waals surface area (Å²) in [7, 11) is -4.68. The van der Waals surface area contributed by atoms with Gasteiger partial charge >= 0.3 is 143 Å². The molecule has 5 N–H and O–H groups in total. The first-order valence-electron chi connectivity index (χ1n) is 10.3. The molecule has 12 nitrogen and oxygen atoms in total. The van der Waals surface area contributed by atoms with Crippen molar-refractivity contribution in [1.29, 1.82) is 0 Å². The number of aromatic nitrogens is 4. The molecular formula is C20H23N6O6P. The Morgan fingerprint density at radius 3 is 2.76 bits per heavy atom. The molecule has 1 aromatic carbocycles. The van der Waals surface area contributed by atoms with Crippen molar-refractivity contribution in [2.24, 2.45) is 0 Å². The van der Waals surface area contributed by atoms with Crippen LogP contribution in [0.4, 0.5) is 10.5 Å². The molecule has 33 heavy (non-hydrogen) atoms. The molecule has 4 heterocycles. The third-order valence-corrected chi connectivity index (χ3v) is 6.22. The van der Waals surface area contributed by atoms with E-state index in [0.29, 0.717) is 19.5 Å². The number of carbonyl (C=O) groups is 1. The van der Waals surface area contributed by atoms with E-state index in [0.717, 1.165) is 33.8 Å². The van der Waals surface area contributed by atoms with Crippen LogP contribution in [0.2, 0.25) is 0 Å². The molecular weight excluding hydrogens is 451 g/mol. The number of cyclic esters (lactones) is 1. The van der Waals surface area contributed by atoms with E-state index in [9.17, 15) is 4.79 Å². The summed E-state index contributed by atoms with van der Waals surface area (Å²) in [5.74, 6) is 0. The van der Waals surface area contributed by atoms with Crippen molar-refractivity contribution in [1.82, 2.24) is 25.7 Å². The van der Waals surface area contributed by atoms with Gasteiger partial charge in [-0.25, -0.2) is 0 Å². The molecule has 0 aliphatic carbocycles. The number of pyridine rings is 1. The number of nitrogens with zero attached hydrogens (tertiary/aromatic N) is 4. The number of aromatic amines is 1. The van der Waals surface area contributed by atoms with Crippen LogP contribution in [0.15, 0.2) is 42.7 Å². The Kier molecular flexibility index (Phi) is 5.79. The Bertz CT molecular complexity index is 1140. The monoisotopic (exact) mass is 474 g/mol. The van der Waals surface area contributed by atoms with E-state index in [1.54, 1.807) is 11.1 Å². The van der Waals surface area contributed by atoms with Crippen molar-refractivity contribution in [3.8, 4) is 11.1 Å². The van der Waals surface area contributed by atoms with Crippen LogP contribution in [0.5, 0.6) is 0 Å². The number of rotatable bonds is 8. The van der Waals surface area contributed by atoms with E-state index in [4.69, 9.17) is 23.9 Å². The molecule has 174 valence electrons. The molecule has 2 aromatic heterocycles. The molecule has 0 unspecified atom stereocenters. The van der Waals surface area contributed by atoms with Crippen LogP contribution in [0.1, 0.15) is 17.0 Å². The fraction of sp³-hybridized carbons (Fsp3) is 0.300. The van der Waals surface area contributed by atoms with Crippen LogP contribution < -0.4 is 10.2 Å². The van der Waals surface area contributed by atoms with Gasteiger partial charge < -0.3 is 5.32 Å². The second-order valence-corrected chi connectivity index (χ2v) is 9.35. The second kappa shape index (κ2) is 8.75. The van der Waals surface area contributed by atoms with E-state index in [2.05, 4.69) is 25.7 Å². The Hall–Kier alpha value is -2.99. The van der Waals surface area contributed by atoms with Gasteiger partial charge in [-0.1, -0.05) is 5.21 Å². The Balaban J connectivity index is 1.25. The van der Waals surface area contributed by atoms with Crippen LogP contribution in [-0.2, 0) is 28.8 Å². The zero-order valence-corrected chi connectivity index (χ0v) is 18.4. The first-order valence-corrected chi connectivity index (χ1v) is 12.1. The predicted molar refractivity (Wildman–Crippen MR) is 118 cm³/mol. The number of ether oxygens (including phenoxy) is 1. The second-order valence-electron chi connectivity index (χ2n) is 7.92. The molecule has 1 fully saturated rings. The predicted octanol–water partition coefficient (Wildman–Crippen LogP) is 0.810. The standard InChI is InChI=1S/C20H23N6O6P/c27-20-26-17-4-2-12(5-14(17)6-18(26)19(32-20)11-31-33(28,29)30)13-1-3-15(22-7-13)8-21-9-16-10-23-25-24-16/h1-5,7,10,18-19,21,28-30,33H,6,8-9,11H2,(H,23,24,25)/t18-,19-/m0/s1. The number of fused-ring (bicyclic) bond motifs is 3. The Labute approximate surface area is 188 Å². The zero-order chi connectivity index (χ0) is 23.0. The molecule has 13 heteroatoms. The van der Waals surface area contributed by atoms with Crippen molar-refractivity contribution in [3.63, 3.8) is 0 Å². The van der Waals surface area contributed by atoms with Gasteiger partial charge in [0.2, 0.25) is 0 Å². The summed E-state index contributed by atoms with van der Waals surface area (Å²) in [6.45, 7) is 0.927. The van der Waals surface area contributed by atoms with Crippen LogP contribution in [-0.4, -0.2) is 59.9 Å². The van der Waals surface area contributed by atoms with Crippen LogP contribution in [0, 0.1) is 0 Å². The molecule has 5 rings (SSSR count). The van der Waals surface area contributed by atoms with Crippen molar-refractivity contribution in [2.75, 3.05) is 11.5 Å². The van der Waals surface area contributed by atoms with Gasteiger partial charge in [0.05, 0.1) is 11.9 Å². The summed E-state index contributed by atoms with van der Waals surface area (Å²) in [4.78, 5) is 45.7. The van der Waals surface area contributed by atoms with Crippen molar-refractivity contribution < 1.29 is 28.7 Å². The summed E-state index contributed by atoms with van der Waals surface area (Å²) in [5, 5.41) is 13.5. The molecule has 0 radical (unpaired) electrons. The molecule has 2 atom stereocenters. The molecule has 1 saturated heterocycles. The molecule has 0 saturated carbocycles. The van der Waals surface area contributed by atoms with Gasteiger partial charge in [-0.3, -0.25) is 5.10 Å². The van der Waals surface area contributed by atoms with Crippen LogP contribution >= 0.6 is 8.17 Å². The Morgan fingerprint density at radius 1 is 1.18 bits per heavy atom. The van der Waals surface area contributed by atoms with Crippen LogP contribution in [0.3, 0.4) is 0 Å². The number of amides is 1. The zero-order valence-electron chi connectivity index (χ0n) is 17.4. The number of hydrogen-bond acceptors (Lipinski definition) is 10. The molecule has 2 aliphatic heterocycles. The summed E-state index contributed by atoms with van der Waals surface area (Å²) >= 11 is 0. The average Bonchev–Trinajstić information content (AvgIpc) is 3.49. The number of hydrogen-bond donors (Lipinski definition) is 5. The maximum atomic E-state index is 12.4. The molecule has 0 spiro atoms. The number of nitrogens with one attached hydrogen (secondary N) is 2. The average molecular weight is 474 g/mol. The maximum absolute atomic E-state index is 12.4. The van der Waals surface area contributed by atoms with Gasteiger partial charge in [-0.2, -0.15) is 0 Å². The number of H-pyrrole nitrogens is 1. The SMILES string of the molecule is O=C1O[C@@H](CO[PH](O)(O)O)[C@@H]2Cc3cc(-c4ccc(CNCc5cnn[nH]5)nc4)ccc3N12. The van der Waals surface area contributed by atoms with Gasteiger partial charge in [-0.15, -0.1) is 5.10 Å². The number of anilines is 1. The fourth-order valence-electron chi connectivity index (χ4n) is 4.12. The number of benzene rings is 1. The first-order chi connectivity index (χ1) is 15.9. The summed E-state index contributed by atoms with van der Waals surface area (Å²) in [5.41, 5.74) is 5.44. The minimum absolute atomic E-state index is 0.292. The Morgan fingerprint density at radius 2 is 2.03 bits per heavy atom. The van der Waals surface area contributed by atoms with Gasteiger partial charge in [-0.05, 0) is 0 Å². The van der Waals surface area contributed by atoms with Gasteiger partial charge in [0.1, 0.15) is 0 Å².